The molecule has 1 fully saturated rings. The Bertz CT molecular complexity index is 460. The molecule has 3 rings (SSSR count). The highest BCUT2D eigenvalue weighted by Gasteiger charge is 2.29. The van der Waals surface area contributed by atoms with E-state index in [1.807, 2.05) is 6.07 Å². The van der Waals surface area contributed by atoms with Crippen LogP contribution < -0.4 is 10.5 Å². The lowest BCUT2D eigenvalue weighted by molar-refractivity contribution is 0.131. The predicted octanol–water partition coefficient (Wildman–Crippen LogP) is 2.52. The Kier molecular flexibility index (Phi) is 4.22. The molecule has 0 bridgehead atoms. The van der Waals surface area contributed by atoms with Crippen LogP contribution in [0.5, 0.6) is 5.75 Å². The first-order valence-electron chi connectivity index (χ1n) is 7.49. The summed E-state index contributed by atoms with van der Waals surface area (Å²) >= 11 is 5.11. The van der Waals surface area contributed by atoms with Gasteiger partial charge in [0.05, 0.1) is 4.99 Å². The first-order chi connectivity index (χ1) is 9.72. The van der Waals surface area contributed by atoms with Gasteiger partial charge in [-0.2, -0.15) is 0 Å². The van der Waals surface area contributed by atoms with Crippen molar-refractivity contribution >= 4 is 17.2 Å². The largest absolute Gasteiger partial charge is 0.488 e. The second kappa shape index (κ2) is 6.10. The summed E-state index contributed by atoms with van der Waals surface area (Å²) in [6, 6.07) is 8.95. The maximum absolute atomic E-state index is 6.05. The van der Waals surface area contributed by atoms with Gasteiger partial charge in [-0.25, -0.2) is 0 Å². The lowest BCUT2D eigenvalue weighted by Gasteiger charge is -2.30. The zero-order valence-corrected chi connectivity index (χ0v) is 12.6. The van der Waals surface area contributed by atoms with E-state index in [-0.39, 0.29) is 6.10 Å². The molecule has 1 aromatic rings. The number of benzene rings is 1. The molecular formula is C16H22N2OS. The van der Waals surface area contributed by atoms with Crippen molar-refractivity contribution in [2.75, 3.05) is 13.1 Å². The Morgan fingerprint density at radius 2 is 2.05 bits per heavy atom. The molecule has 0 radical (unpaired) electrons. The summed E-state index contributed by atoms with van der Waals surface area (Å²) in [5.41, 5.74) is 7.09. The van der Waals surface area contributed by atoms with Crippen LogP contribution in [0.3, 0.4) is 0 Å². The molecule has 0 aromatic heterocycles. The lowest BCUT2D eigenvalue weighted by atomic mass is 10.1. The molecule has 1 saturated carbocycles. The van der Waals surface area contributed by atoms with E-state index in [0.717, 1.165) is 25.3 Å². The Labute approximate surface area is 126 Å². The molecule has 20 heavy (non-hydrogen) atoms. The summed E-state index contributed by atoms with van der Waals surface area (Å²) in [7, 11) is 0. The number of ether oxygens (including phenoxy) is 1. The third-order valence-electron chi connectivity index (χ3n) is 4.35. The smallest absolute Gasteiger partial charge is 0.123 e. The molecule has 0 saturated heterocycles. The van der Waals surface area contributed by atoms with E-state index >= 15 is 0 Å². The quantitative estimate of drug-likeness (QED) is 0.846. The number of para-hydroxylation sites is 1. The van der Waals surface area contributed by atoms with E-state index in [0.29, 0.717) is 11.0 Å². The van der Waals surface area contributed by atoms with E-state index in [1.54, 1.807) is 0 Å². The van der Waals surface area contributed by atoms with Gasteiger partial charge >= 0.3 is 0 Å². The van der Waals surface area contributed by atoms with Crippen molar-refractivity contribution in [1.29, 1.82) is 0 Å². The van der Waals surface area contributed by atoms with Crippen molar-refractivity contribution in [2.45, 2.75) is 44.2 Å². The minimum atomic E-state index is 0.238. The molecule has 2 N–H and O–H groups in total. The van der Waals surface area contributed by atoms with Crippen LogP contribution in [0.1, 0.15) is 31.2 Å². The van der Waals surface area contributed by atoms with Crippen LogP contribution in [0.2, 0.25) is 0 Å². The fourth-order valence-corrected chi connectivity index (χ4v) is 3.60. The maximum atomic E-state index is 6.05. The fourth-order valence-electron chi connectivity index (χ4n) is 3.43. The molecule has 1 atom stereocenters. The van der Waals surface area contributed by atoms with Gasteiger partial charge in [0.2, 0.25) is 0 Å². The second-order valence-electron chi connectivity index (χ2n) is 5.89. The molecule has 1 aliphatic carbocycles. The topological polar surface area (TPSA) is 38.5 Å². The summed E-state index contributed by atoms with van der Waals surface area (Å²) in [6.07, 6.45) is 6.41. The van der Waals surface area contributed by atoms with E-state index in [1.165, 1.54) is 31.2 Å². The normalized spacial score (nSPS) is 21.9. The molecule has 108 valence electrons. The fraction of sp³-hybridized carbons (Fsp3) is 0.562. The van der Waals surface area contributed by atoms with E-state index in [4.69, 9.17) is 22.7 Å². The Morgan fingerprint density at radius 1 is 1.30 bits per heavy atom. The zero-order valence-electron chi connectivity index (χ0n) is 11.8. The van der Waals surface area contributed by atoms with E-state index in [2.05, 4.69) is 23.1 Å². The van der Waals surface area contributed by atoms with Gasteiger partial charge in [-0.15, -0.1) is 0 Å². The van der Waals surface area contributed by atoms with Crippen LogP contribution in [0.4, 0.5) is 0 Å². The second-order valence-corrected chi connectivity index (χ2v) is 6.41. The molecule has 1 heterocycles. The minimum absolute atomic E-state index is 0.238. The molecule has 2 aliphatic rings. The SMILES string of the molecule is NC(=S)CN(CC1Cc2ccccc2O1)C1CCCC1. The molecule has 1 aliphatic heterocycles. The van der Waals surface area contributed by atoms with Crippen molar-refractivity contribution in [3.05, 3.63) is 29.8 Å². The van der Waals surface area contributed by atoms with Crippen molar-refractivity contribution in [3.8, 4) is 5.75 Å². The minimum Gasteiger partial charge on any atom is -0.488 e. The van der Waals surface area contributed by atoms with Gasteiger partial charge in [0.15, 0.2) is 0 Å². The molecule has 4 heteroatoms. The van der Waals surface area contributed by atoms with Crippen LogP contribution in [0, 0.1) is 0 Å². The molecule has 0 spiro atoms. The van der Waals surface area contributed by atoms with E-state index < -0.39 is 0 Å². The summed E-state index contributed by atoms with van der Waals surface area (Å²) < 4.78 is 6.05. The summed E-state index contributed by atoms with van der Waals surface area (Å²) in [5, 5.41) is 0. The van der Waals surface area contributed by atoms with Gasteiger partial charge in [0, 0.05) is 25.6 Å². The highest BCUT2D eigenvalue weighted by Crippen LogP contribution is 2.30. The van der Waals surface area contributed by atoms with Crippen molar-refractivity contribution in [1.82, 2.24) is 4.90 Å². The summed E-state index contributed by atoms with van der Waals surface area (Å²) in [6.45, 7) is 1.65. The average molecular weight is 290 g/mol. The van der Waals surface area contributed by atoms with Gasteiger partial charge in [-0.05, 0) is 24.5 Å². The number of hydrogen-bond acceptors (Lipinski definition) is 3. The highest BCUT2D eigenvalue weighted by molar-refractivity contribution is 7.80. The van der Waals surface area contributed by atoms with Gasteiger partial charge in [0.1, 0.15) is 11.9 Å². The Balaban J connectivity index is 1.64. The number of nitrogens with two attached hydrogens (primary N) is 1. The molecule has 1 unspecified atom stereocenters. The zero-order chi connectivity index (χ0) is 13.9. The monoisotopic (exact) mass is 290 g/mol. The highest BCUT2D eigenvalue weighted by atomic mass is 32.1. The number of hydrogen-bond donors (Lipinski definition) is 1. The first kappa shape index (κ1) is 13.8. The Morgan fingerprint density at radius 3 is 2.75 bits per heavy atom. The van der Waals surface area contributed by atoms with Crippen LogP contribution in [0.15, 0.2) is 24.3 Å². The summed E-state index contributed by atoms with van der Waals surface area (Å²) in [5.74, 6) is 1.04. The molecular weight excluding hydrogens is 268 g/mol. The van der Waals surface area contributed by atoms with Crippen LogP contribution in [-0.4, -0.2) is 35.1 Å². The third kappa shape index (κ3) is 3.13. The van der Waals surface area contributed by atoms with Gasteiger partial charge in [-0.1, -0.05) is 43.3 Å². The van der Waals surface area contributed by atoms with Crippen molar-refractivity contribution in [2.24, 2.45) is 5.73 Å². The van der Waals surface area contributed by atoms with Crippen molar-refractivity contribution < 1.29 is 4.74 Å². The third-order valence-corrected chi connectivity index (χ3v) is 4.48. The number of rotatable bonds is 5. The predicted molar refractivity (Wildman–Crippen MR) is 85.2 cm³/mol. The first-order valence-corrected chi connectivity index (χ1v) is 7.90. The number of fused-ring (bicyclic) bond motifs is 1. The Hall–Kier alpha value is -1.13. The van der Waals surface area contributed by atoms with E-state index in [9.17, 15) is 0 Å². The van der Waals surface area contributed by atoms with Crippen LogP contribution in [0.25, 0.3) is 0 Å². The number of nitrogens with zero attached hydrogens (tertiary/aromatic N) is 1. The van der Waals surface area contributed by atoms with Crippen LogP contribution in [-0.2, 0) is 6.42 Å². The van der Waals surface area contributed by atoms with Gasteiger partial charge < -0.3 is 10.5 Å². The van der Waals surface area contributed by atoms with Crippen LogP contribution >= 0.6 is 12.2 Å². The maximum Gasteiger partial charge on any atom is 0.123 e. The van der Waals surface area contributed by atoms with Crippen molar-refractivity contribution in [3.63, 3.8) is 0 Å². The molecule has 0 amide bonds. The lowest BCUT2D eigenvalue weighted by Crippen LogP contribution is -2.44. The van der Waals surface area contributed by atoms with Gasteiger partial charge in [0.25, 0.3) is 0 Å². The number of thiocarbonyl (C=S) groups is 1. The molecule has 3 nitrogen and oxygen atoms in total. The summed E-state index contributed by atoms with van der Waals surface area (Å²) in [4.78, 5) is 3.03. The van der Waals surface area contributed by atoms with Gasteiger partial charge in [-0.3, -0.25) is 4.90 Å². The average Bonchev–Trinajstić information content (AvgIpc) is 3.06. The molecule has 1 aromatic carbocycles. The standard InChI is InChI=1S/C16H22N2OS/c17-16(20)11-18(13-6-2-3-7-13)10-14-9-12-5-1-4-8-15(12)19-14/h1,4-5,8,13-14H,2-3,6-7,9-11H2,(H2,17,20).